The van der Waals surface area contributed by atoms with E-state index in [9.17, 15) is 0 Å². The third kappa shape index (κ3) is 3.46. The first-order valence-corrected chi connectivity index (χ1v) is 9.23. The average molecular weight is 402 g/mol. The zero-order valence-corrected chi connectivity index (χ0v) is 14.9. The number of halogens is 2. The fourth-order valence-corrected chi connectivity index (χ4v) is 5.09. The molecule has 0 bridgehead atoms. The van der Waals surface area contributed by atoms with Gasteiger partial charge in [-0.25, -0.2) is 0 Å². The molecule has 3 rings (SSSR count). The molecule has 1 aliphatic carbocycles. The first-order valence-electron chi connectivity index (χ1n) is 7.65. The maximum Gasteiger partial charge on any atom is 0.0378 e. The predicted octanol–water partition coefficient (Wildman–Crippen LogP) is 4.35. The van der Waals surface area contributed by atoms with Gasteiger partial charge in [0.25, 0.3) is 0 Å². The lowest BCUT2D eigenvalue weighted by Gasteiger charge is -2.38. The van der Waals surface area contributed by atoms with Crippen LogP contribution < -0.4 is 5.32 Å². The first-order chi connectivity index (χ1) is 9.74. The van der Waals surface area contributed by atoms with Crippen molar-refractivity contribution in [3.05, 3.63) is 32.7 Å². The minimum absolute atomic E-state index is 0.591. The smallest absolute Gasteiger partial charge is 0.0378 e. The number of nitrogens with zero attached hydrogens (tertiary/aromatic N) is 1. The van der Waals surface area contributed by atoms with E-state index in [1.807, 2.05) is 0 Å². The van der Waals surface area contributed by atoms with Gasteiger partial charge in [-0.2, -0.15) is 0 Å². The molecule has 0 radical (unpaired) electrons. The number of piperazine rings is 1. The second kappa shape index (κ2) is 6.91. The Balaban J connectivity index is 1.90. The van der Waals surface area contributed by atoms with Gasteiger partial charge in [-0.05, 0) is 42.5 Å². The molecule has 0 unspecified atom stereocenters. The highest BCUT2D eigenvalue weighted by Crippen LogP contribution is 2.41. The van der Waals surface area contributed by atoms with Gasteiger partial charge in [-0.1, -0.05) is 44.7 Å². The minimum atomic E-state index is 0.591. The second-order valence-electron chi connectivity index (χ2n) is 5.98. The molecule has 110 valence electrons. The maximum atomic E-state index is 3.65. The SMILES string of the molecule is Brc1cc(Br)cc([C@H](C2CCCC2)N2CCNCC2)c1. The van der Waals surface area contributed by atoms with E-state index in [1.165, 1.54) is 53.3 Å². The van der Waals surface area contributed by atoms with Crippen LogP contribution in [0, 0.1) is 5.92 Å². The van der Waals surface area contributed by atoms with Crippen molar-refractivity contribution >= 4 is 31.9 Å². The van der Waals surface area contributed by atoms with Gasteiger partial charge in [0.2, 0.25) is 0 Å². The van der Waals surface area contributed by atoms with E-state index in [0.717, 1.165) is 19.0 Å². The van der Waals surface area contributed by atoms with Crippen LogP contribution in [0.5, 0.6) is 0 Å². The van der Waals surface area contributed by atoms with E-state index in [-0.39, 0.29) is 0 Å². The van der Waals surface area contributed by atoms with E-state index in [1.54, 1.807) is 0 Å². The lowest BCUT2D eigenvalue weighted by atomic mass is 9.90. The Morgan fingerprint density at radius 1 is 1.00 bits per heavy atom. The van der Waals surface area contributed by atoms with Crippen LogP contribution in [0.4, 0.5) is 0 Å². The molecule has 2 nitrogen and oxygen atoms in total. The van der Waals surface area contributed by atoms with Crippen molar-refractivity contribution in [1.82, 2.24) is 10.2 Å². The predicted molar refractivity (Wildman–Crippen MR) is 91.0 cm³/mol. The normalized spacial score (nSPS) is 23.1. The molecular weight excluding hydrogens is 380 g/mol. The van der Waals surface area contributed by atoms with Crippen molar-refractivity contribution in [2.45, 2.75) is 31.7 Å². The summed E-state index contributed by atoms with van der Waals surface area (Å²) in [5.41, 5.74) is 1.47. The van der Waals surface area contributed by atoms with Crippen LogP contribution in [-0.4, -0.2) is 31.1 Å². The molecule has 1 saturated heterocycles. The number of nitrogens with one attached hydrogen (secondary N) is 1. The Kier molecular flexibility index (Phi) is 5.18. The zero-order valence-electron chi connectivity index (χ0n) is 11.7. The molecule has 0 spiro atoms. The highest BCUT2D eigenvalue weighted by Gasteiger charge is 2.32. The quantitative estimate of drug-likeness (QED) is 0.809. The van der Waals surface area contributed by atoms with Gasteiger partial charge < -0.3 is 5.32 Å². The van der Waals surface area contributed by atoms with Crippen molar-refractivity contribution in [2.75, 3.05) is 26.2 Å². The van der Waals surface area contributed by atoms with Crippen LogP contribution in [0.1, 0.15) is 37.3 Å². The number of hydrogen-bond donors (Lipinski definition) is 1. The summed E-state index contributed by atoms with van der Waals surface area (Å²) in [6.45, 7) is 4.59. The van der Waals surface area contributed by atoms with Gasteiger partial charge in [0, 0.05) is 41.2 Å². The molecule has 2 fully saturated rings. The molecule has 0 amide bonds. The minimum Gasteiger partial charge on any atom is -0.314 e. The van der Waals surface area contributed by atoms with Gasteiger partial charge in [-0.15, -0.1) is 0 Å². The van der Waals surface area contributed by atoms with Crippen LogP contribution in [-0.2, 0) is 0 Å². The van der Waals surface area contributed by atoms with Gasteiger partial charge in [0.05, 0.1) is 0 Å². The molecular formula is C16H22Br2N2. The molecule has 1 aromatic rings. The summed E-state index contributed by atoms with van der Waals surface area (Å²) in [7, 11) is 0. The van der Waals surface area contributed by atoms with E-state index in [2.05, 4.69) is 60.3 Å². The average Bonchev–Trinajstić information content (AvgIpc) is 2.93. The standard InChI is InChI=1S/C16H22Br2N2/c17-14-9-13(10-15(18)11-14)16(12-3-1-2-4-12)20-7-5-19-6-8-20/h9-12,16,19H,1-8H2/t16-/m0/s1. The van der Waals surface area contributed by atoms with E-state index < -0.39 is 0 Å². The molecule has 20 heavy (non-hydrogen) atoms. The first kappa shape index (κ1) is 15.0. The Morgan fingerprint density at radius 2 is 1.60 bits per heavy atom. The summed E-state index contributed by atoms with van der Waals surface area (Å²) < 4.78 is 2.36. The summed E-state index contributed by atoms with van der Waals surface area (Å²) >= 11 is 7.31. The molecule has 4 heteroatoms. The van der Waals surface area contributed by atoms with Crippen LogP contribution in [0.25, 0.3) is 0 Å². The van der Waals surface area contributed by atoms with Crippen molar-refractivity contribution in [3.63, 3.8) is 0 Å². The van der Waals surface area contributed by atoms with Gasteiger partial charge in [-0.3, -0.25) is 4.90 Å². The van der Waals surface area contributed by atoms with E-state index >= 15 is 0 Å². The molecule has 1 atom stereocenters. The topological polar surface area (TPSA) is 15.3 Å². The Hall–Kier alpha value is 0.1000. The third-order valence-electron chi connectivity index (χ3n) is 4.62. The van der Waals surface area contributed by atoms with Gasteiger partial charge in [0.15, 0.2) is 0 Å². The summed E-state index contributed by atoms with van der Waals surface area (Å²) in [5.74, 6) is 0.828. The fraction of sp³-hybridized carbons (Fsp3) is 0.625. The molecule has 1 aliphatic heterocycles. The van der Waals surface area contributed by atoms with Crippen LogP contribution in [0.15, 0.2) is 27.1 Å². The third-order valence-corrected chi connectivity index (χ3v) is 5.53. The number of benzene rings is 1. The number of hydrogen-bond acceptors (Lipinski definition) is 2. The highest BCUT2D eigenvalue weighted by atomic mass is 79.9. The van der Waals surface area contributed by atoms with Gasteiger partial charge >= 0.3 is 0 Å². The van der Waals surface area contributed by atoms with Crippen LogP contribution in [0.3, 0.4) is 0 Å². The second-order valence-corrected chi connectivity index (χ2v) is 7.81. The summed E-state index contributed by atoms with van der Waals surface area (Å²) in [6.07, 6.45) is 5.59. The van der Waals surface area contributed by atoms with Crippen LogP contribution in [0.2, 0.25) is 0 Å². The highest BCUT2D eigenvalue weighted by molar-refractivity contribution is 9.11. The summed E-state index contributed by atoms with van der Waals surface area (Å²) in [5, 5.41) is 3.47. The Morgan fingerprint density at radius 3 is 2.20 bits per heavy atom. The molecule has 1 aromatic carbocycles. The van der Waals surface area contributed by atoms with Crippen molar-refractivity contribution in [3.8, 4) is 0 Å². The van der Waals surface area contributed by atoms with Crippen molar-refractivity contribution in [2.24, 2.45) is 5.92 Å². The maximum absolute atomic E-state index is 3.65. The summed E-state index contributed by atoms with van der Waals surface area (Å²) in [6, 6.07) is 7.35. The summed E-state index contributed by atoms with van der Waals surface area (Å²) in [4.78, 5) is 2.70. The van der Waals surface area contributed by atoms with E-state index in [0.29, 0.717) is 6.04 Å². The zero-order chi connectivity index (χ0) is 13.9. The fourth-order valence-electron chi connectivity index (χ4n) is 3.76. The van der Waals surface area contributed by atoms with Crippen molar-refractivity contribution in [1.29, 1.82) is 0 Å². The molecule has 1 heterocycles. The Labute approximate surface area is 138 Å². The molecule has 0 aromatic heterocycles. The molecule has 1 N–H and O–H groups in total. The molecule has 1 saturated carbocycles. The Bertz CT molecular complexity index is 432. The monoisotopic (exact) mass is 400 g/mol. The van der Waals surface area contributed by atoms with Crippen molar-refractivity contribution < 1.29 is 0 Å². The molecule has 2 aliphatic rings. The van der Waals surface area contributed by atoms with E-state index in [4.69, 9.17) is 0 Å². The largest absolute Gasteiger partial charge is 0.314 e. The van der Waals surface area contributed by atoms with Gasteiger partial charge in [0.1, 0.15) is 0 Å². The lowest BCUT2D eigenvalue weighted by Crippen LogP contribution is -2.46. The lowest BCUT2D eigenvalue weighted by molar-refractivity contribution is 0.125. The van der Waals surface area contributed by atoms with Crippen LogP contribution >= 0.6 is 31.9 Å². The number of rotatable bonds is 3.